The third kappa shape index (κ3) is 2.94. The van der Waals surface area contributed by atoms with Crippen LogP contribution in [0.1, 0.15) is 29.5 Å². The highest BCUT2D eigenvalue weighted by Gasteiger charge is 2.19. The molecule has 1 heterocycles. The number of rotatable bonds is 6. The first-order valence-electron chi connectivity index (χ1n) is 6.26. The predicted molar refractivity (Wildman–Crippen MR) is 71.2 cm³/mol. The lowest BCUT2D eigenvalue weighted by Crippen LogP contribution is -2.26. The van der Waals surface area contributed by atoms with Gasteiger partial charge in [0.1, 0.15) is 16.9 Å². The number of aliphatic hydroxyl groups excluding tert-OH is 1. The third-order valence-corrected chi connectivity index (χ3v) is 3.02. The van der Waals surface area contributed by atoms with Crippen molar-refractivity contribution in [3.8, 4) is 0 Å². The van der Waals surface area contributed by atoms with E-state index >= 15 is 0 Å². The Hall–Kier alpha value is -1.85. The largest absolute Gasteiger partial charge is 0.478 e. The van der Waals surface area contributed by atoms with Crippen LogP contribution in [0.25, 0.3) is 11.0 Å². The van der Waals surface area contributed by atoms with Crippen LogP contribution in [0.3, 0.4) is 0 Å². The molecule has 0 aliphatic heterocycles. The highest BCUT2D eigenvalue weighted by Crippen LogP contribution is 2.25. The molecule has 0 aliphatic rings. The van der Waals surface area contributed by atoms with E-state index < -0.39 is 12.1 Å². The van der Waals surface area contributed by atoms with Gasteiger partial charge in [-0.15, -0.1) is 0 Å². The van der Waals surface area contributed by atoms with Crippen molar-refractivity contribution >= 4 is 16.9 Å². The number of hydrogen-bond acceptors (Lipinski definition) is 4. The van der Waals surface area contributed by atoms with Crippen molar-refractivity contribution in [3.05, 3.63) is 35.6 Å². The number of aromatic carboxylic acids is 1. The SMILES string of the molecule is CCC(O)CNCc1oc2ccccc2c1C(=O)O. The summed E-state index contributed by atoms with van der Waals surface area (Å²) in [7, 11) is 0. The zero-order chi connectivity index (χ0) is 13.8. The molecular weight excluding hydrogens is 246 g/mol. The molecule has 19 heavy (non-hydrogen) atoms. The van der Waals surface area contributed by atoms with Gasteiger partial charge in [-0.1, -0.05) is 25.1 Å². The van der Waals surface area contributed by atoms with Crippen molar-refractivity contribution in [2.45, 2.75) is 26.0 Å². The summed E-state index contributed by atoms with van der Waals surface area (Å²) < 4.78 is 5.55. The Kier molecular flexibility index (Phi) is 4.19. The second kappa shape index (κ2) is 5.86. The first-order chi connectivity index (χ1) is 9.13. The Labute approximate surface area is 110 Å². The molecular formula is C14H17NO4. The van der Waals surface area contributed by atoms with Gasteiger partial charge in [0.15, 0.2) is 0 Å². The molecule has 5 nitrogen and oxygen atoms in total. The number of carboxylic acids is 1. The summed E-state index contributed by atoms with van der Waals surface area (Å²) in [4.78, 5) is 11.3. The molecule has 0 amide bonds. The molecule has 1 aromatic heterocycles. The van der Waals surface area contributed by atoms with E-state index in [2.05, 4.69) is 5.32 Å². The topological polar surface area (TPSA) is 82.7 Å². The van der Waals surface area contributed by atoms with Crippen LogP contribution in [0, 0.1) is 0 Å². The van der Waals surface area contributed by atoms with E-state index in [1.807, 2.05) is 6.92 Å². The van der Waals surface area contributed by atoms with Crippen molar-refractivity contribution in [3.63, 3.8) is 0 Å². The number of carboxylic acid groups (broad SMARTS) is 1. The fourth-order valence-electron chi connectivity index (χ4n) is 1.95. The smallest absolute Gasteiger partial charge is 0.339 e. The van der Waals surface area contributed by atoms with Crippen molar-refractivity contribution in [2.75, 3.05) is 6.54 Å². The molecule has 0 spiro atoms. The second-order valence-electron chi connectivity index (χ2n) is 4.39. The molecule has 0 aliphatic carbocycles. The van der Waals surface area contributed by atoms with Gasteiger partial charge < -0.3 is 19.9 Å². The van der Waals surface area contributed by atoms with Gasteiger partial charge in [-0.05, 0) is 12.5 Å². The maximum atomic E-state index is 11.3. The van der Waals surface area contributed by atoms with E-state index in [4.69, 9.17) is 4.42 Å². The number of benzene rings is 1. The molecule has 0 saturated carbocycles. The number of aliphatic hydroxyl groups is 1. The highest BCUT2D eigenvalue weighted by molar-refractivity contribution is 6.03. The molecule has 1 atom stereocenters. The van der Waals surface area contributed by atoms with E-state index in [-0.39, 0.29) is 12.1 Å². The lowest BCUT2D eigenvalue weighted by atomic mass is 10.1. The predicted octanol–water partition coefficient (Wildman–Crippen LogP) is 1.99. The van der Waals surface area contributed by atoms with Crippen LogP contribution in [0.15, 0.2) is 28.7 Å². The van der Waals surface area contributed by atoms with Gasteiger partial charge in [0.05, 0.1) is 12.6 Å². The maximum Gasteiger partial charge on any atom is 0.339 e. The van der Waals surface area contributed by atoms with E-state index in [1.165, 1.54) is 0 Å². The Morgan fingerprint density at radius 1 is 1.42 bits per heavy atom. The van der Waals surface area contributed by atoms with E-state index in [1.54, 1.807) is 24.3 Å². The average molecular weight is 263 g/mol. The zero-order valence-electron chi connectivity index (χ0n) is 10.7. The van der Waals surface area contributed by atoms with Crippen molar-refractivity contribution in [1.82, 2.24) is 5.32 Å². The molecule has 3 N–H and O–H groups in total. The molecule has 5 heteroatoms. The first kappa shape index (κ1) is 13.6. The summed E-state index contributed by atoms with van der Waals surface area (Å²) in [6.07, 6.45) is 0.219. The van der Waals surface area contributed by atoms with Crippen LogP contribution in [0.4, 0.5) is 0 Å². The molecule has 2 aromatic rings. The van der Waals surface area contributed by atoms with E-state index in [0.717, 1.165) is 0 Å². The molecule has 0 radical (unpaired) electrons. The summed E-state index contributed by atoms with van der Waals surface area (Å²) in [5.74, 6) is -0.616. The van der Waals surface area contributed by atoms with Crippen LogP contribution in [0.2, 0.25) is 0 Å². The summed E-state index contributed by atoms with van der Waals surface area (Å²) in [6, 6.07) is 7.05. The summed E-state index contributed by atoms with van der Waals surface area (Å²) in [6.45, 7) is 2.58. The summed E-state index contributed by atoms with van der Waals surface area (Å²) in [5, 5.41) is 22.3. The van der Waals surface area contributed by atoms with Gasteiger partial charge in [-0.2, -0.15) is 0 Å². The Morgan fingerprint density at radius 3 is 2.84 bits per heavy atom. The summed E-state index contributed by atoms with van der Waals surface area (Å²) >= 11 is 0. The number of nitrogens with one attached hydrogen (secondary N) is 1. The van der Waals surface area contributed by atoms with Crippen LogP contribution < -0.4 is 5.32 Å². The van der Waals surface area contributed by atoms with Gasteiger partial charge in [0, 0.05) is 11.9 Å². The maximum absolute atomic E-state index is 11.3. The average Bonchev–Trinajstić information content (AvgIpc) is 2.76. The summed E-state index contributed by atoms with van der Waals surface area (Å²) in [5.41, 5.74) is 0.752. The Balaban J connectivity index is 2.22. The number of hydrogen-bond donors (Lipinski definition) is 3. The Morgan fingerprint density at radius 2 is 2.16 bits per heavy atom. The monoisotopic (exact) mass is 263 g/mol. The van der Waals surface area contributed by atoms with Crippen LogP contribution >= 0.6 is 0 Å². The Bertz CT molecular complexity index is 576. The zero-order valence-corrected chi connectivity index (χ0v) is 10.7. The second-order valence-corrected chi connectivity index (χ2v) is 4.39. The number of furan rings is 1. The van der Waals surface area contributed by atoms with Gasteiger partial charge >= 0.3 is 5.97 Å². The van der Waals surface area contributed by atoms with Gasteiger partial charge in [-0.25, -0.2) is 4.79 Å². The minimum Gasteiger partial charge on any atom is -0.478 e. The van der Waals surface area contributed by atoms with Crippen molar-refractivity contribution in [1.29, 1.82) is 0 Å². The molecule has 102 valence electrons. The molecule has 0 bridgehead atoms. The van der Waals surface area contributed by atoms with Crippen molar-refractivity contribution < 1.29 is 19.4 Å². The van der Waals surface area contributed by atoms with Crippen LogP contribution in [0.5, 0.6) is 0 Å². The van der Waals surface area contributed by atoms with Crippen LogP contribution in [-0.4, -0.2) is 28.8 Å². The molecule has 0 saturated heterocycles. The number of para-hydroxylation sites is 1. The van der Waals surface area contributed by atoms with Crippen molar-refractivity contribution in [2.24, 2.45) is 0 Å². The lowest BCUT2D eigenvalue weighted by Gasteiger charge is -2.08. The third-order valence-electron chi connectivity index (χ3n) is 3.02. The quantitative estimate of drug-likeness (QED) is 0.742. The van der Waals surface area contributed by atoms with Gasteiger partial charge in [-0.3, -0.25) is 0 Å². The van der Waals surface area contributed by atoms with E-state index in [0.29, 0.717) is 29.7 Å². The molecule has 2 rings (SSSR count). The first-order valence-corrected chi connectivity index (χ1v) is 6.26. The van der Waals surface area contributed by atoms with Gasteiger partial charge in [0.25, 0.3) is 0 Å². The molecule has 0 fully saturated rings. The standard InChI is InChI=1S/C14H17NO4/c1-2-9(16)7-15-8-12-13(14(17)18)10-5-3-4-6-11(10)19-12/h3-6,9,15-16H,2,7-8H2,1H3,(H,17,18). The van der Waals surface area contributed by atoms with E-state index in [9.17, 15) is 15.0 Å². The van der Waals surface area contributed by atoms with Crippen LogP contribution in [-0.2, 0) is 6.54 Å². The number of carbonyl (C=O) groups is 1. The molecule has 1 unspecified atom stereocenters. The highest BCUT2D eigenvalue weighted by atomic mass is 16.4. The lowest BCUT2D eigenvalue weighted by molar-refractivity contribution is 0.0696. The minimum absolute atomic E-state index is 0.189. The molecule has 1 aromatic carbocycles. The normalized spacial score (nSPS) is 12.7. The fraction of sp³-hybridized carbons (Fsp3) is 0.357. The van der Waals surface area contributed by atoms with Gasteiger partial charge in [0.2, 0.25) is 0 Å². The minimum atomic E-state index is -1.00. The number of fused-ring (bicyclic) bond motifs is 1. The fourth-order valence-corrected chi connectivity index (χ4v) is 1.95.